The lowest BCUT2D eigenvalue weighted by atomic mass is 9.91. The molecule has 1 aliphatic rings. The lowest BCUT2D eigenvalue weighted by Gasteiger charge is -2.15. The summed E-state index contributed by atoms with van der Waals surface area (Å²) in [4.78, 5) is 4.69. The maximum absolute atomic E-state index is 5.62. The second-order valence-electron chi connectivity index (χ2n) is 4.94. The normalized spacial score (nSPS) is 15.2. The molecule has 0 atom stereocenters. The van der Waals surface area contributed by atoms with Crippen LogP contribution >= 0.6 is 0 Å². The SMILES string of the molecule is Cn1c(CCN)nc2cc3c(cc21)CCCC3. The molecule has 1 aromatic carbocycles. The number of hydrogen-bond acceptors (Lipinski definition) is 2. The van der Waals surface area contributed by atoms with Crippen LogP contribution in [0.25, 0.3) is 11.0 Å². The smallest absolute Gasteiger partial charge is 0.110 e. The average Bonchev–Trinajstić information content (AvgIpc) is 2.64. The van der Waals surface area contributed by atoms with Gasteiger partial charge in [-0.1, -0.05) is 0 Å². The molecule has 1 heterocycles. The molecule has 0 bridgehead atoms. The summed E-state index contributed by atoms with van der Waals surface area (Å²) < 4.78 is 2.19. The zero-order valence-electron chi connectivity index (χ0n) is 10.4. The van der Waals surface area contributed by atoms with Crippen molar-refractivity contribution in [3.63, 3.8) is 0 Å². The van der Waals surface area contributed by atoms with Crippen molar-refractivity contribution >= 4 is 11.0 Å². The molecule has 0 spiro atoms. The van der Waals surface area contributed by atoms with Gasteiger partial charge in [-0.15, -0.1) is 0 Å². The Morgan fingerprint density at radius 3 is 2.65 bits per heavy atom. The fraction of sp³-hybridized carbons (Fsp3) is 0.500. The third kappa shape index (κ3) is 1.75. The molecule has 3 nitrogen and oxygen atoms in total. The molecule has 1 aromatic heterocycles. The van der Waals surface area contributed by atoms with Gasteiger partial charge in [0, 0.05) is 13.5 Å². The summed E-state index contributed by atoms with van der Waals surface area (Å²) in [6.45, 7) is 0.664. The third-order valence-electron chi connectivity index (χ3n) is 3.80. The maximum atomic E-state index is 5.62. The summed E-state index contributed by atoms with van der Waals surface area (Å²) in [5.41, 5.74) is 11.0. The van der Waals surface area contributed by atoms with Crippen LogP contribution in [0.2, 0.25) is 0 Å². The monoisotopic (exact) mass is 229 g/mol. The van der Waals surface area contributed by atoms with Gasteiger partial charge in [0.1, 0.15) is 5.82 Å². The number of rotatable bonds is 2. The van der Waals surface area contributed by atoms with E-state index in [-0.39, 0.29) is 0 Å². The van der Waals surface area contributed by atoms with Gasteiger partial charge in [0.05, 0.1) is 11.0 Å². The Labute approximate surface area is 102 Å². The van der Waals surface area contributed by atoms with Crippen molar-refractivity contribution in [3.05, 3.63) is 29.1 Å². The number of aryl methyl sites for hydroxylation is 3. The lowest BCUT2D eigenvalue weighted by Crippen LogP contribution is -2.07. The minimum atomic E-state index is 0.664. The highest BCUT2D eigenvalue weighted by Gasteiger charge is 2.14. The Hall–Kier alpha value is -1.35. The first-order valence-electron chi connectivity index (χ1n) is 6.47. The van der Waals surface area contributed by atoms with Gasteiger partial charge in [0.25, 0.3) is 0 Å². The van der Waals surface area contributed by atoms with Crippen LogP contribution in [0.15, 0.2) is 12.1 Å². The van der Waals surface area contributed by atoms with E-state index in [4.69, 9.17) is 10.7 Å². The number of nitrogens with two attached hydrogens (primary N) is 1. The Balaban J connectivity index is 2.16. The van der Waals surface area contributed by atoms with Gasteiger partial charge < -0.3 is 10.3 Å². The highest BCUT2D eigenvalue weighted by molar-refractivity contribution is 5.78. The van der Waals surface area contributed by atoms with Crippen molar-refractivity contribution < 1.29 is 0 Å². The van der Waals surface area contributed by atoms with Crippen molar-refractivity contribution in [1.29, 1.82) is 0 Å². The van der Waals surface area contributed by atoms with Gasteiger partial charge >= 0.3 is 0 Å². The van der Waals surface area contributed by atoms with Crippen LogP contribution in [-0.2, 0) is 26.3 Å². The average molecular weight is 229 g/mol. The predicted octanol–water partition coefficient (Wildman–Crippen LogP) is 1.95. The molecule has 0 fully saturated rings. The molecular weight excluding hydrogens is 210 g/mol. The molecule has 3 heteroatoms. The van der Waals surface area contributed by atoms with Crippen LogP contribution in [0.1, 0.15) is 29.8 Å². The molecule has 0 aliphatic heterocycles. The highest BCUT2D eigenvalue weighted by Crippen LogP contribution is 2.26. The van der Waals surface area contributed by atoms with E-state index in [1.165, 1.54) is 42.3 Å². The molecule has 1 aliphatic carbocycles. The van der Waals surface area contributed by atoms with E-state index >= 15 is 0 Å². The Morgan fingerprint density at radius 1 is 1.24 bits per heavy atom. The van der Waals surface area contributed by atoms with Crippen molar-refractivity contribution in [2.75, 3.05) is 6.54 Å². The highest BCUT2D eigenvalue weighted by atomic mass is 15.1. The third-order valence-corrected chi connectivity index (χ3v) is 3.80. The predicted molar refractivity (Wildman–Crippen MR) is 70.1 cm³/mol. The van der Waals surface area contributed by atoms with Crippen molar-refractivity contribution in [3.8, 4) is 0 Å². The second kappa shape index (κ2) is 4.15. The number of fused-ring (bicyclic) bond motifs is 2. The van der Waals surface area contributed by atoms with Crippen LogP contribution in [-0.4, -0.2) is 16.1 Å². The van der Waals surface area contributed by atoms with Crippen LogP contribution in [0, 0.1) is 0 Å². The fourth-order valence-corrected chi connectivity index (χ4v) is 2.82. The molecule has 3 rings (SSSR count). The lowest BCUT2D eigenvalue weighted by molar-refractivity contribution is 0.686. The molecule has 0 saturated heterocycles. The van der Waals surface area contributed by atoms with Gasteiger partial charge in [-0.2, -0.15) is 0 Å². The number of imidazole rings is 1. The first-order valence-corrected chi connectivity index (χ1v) is 6.47. The van der Waals surface area contributed by atoms with Crippen LogP contribution < -0.4 is 5.73 Å². The molecule has 90 valence electrons. The summed E-state index contributed by atoms with van der Waals surface area (Å²) in [6, 6.07) is 4.61. The quantitative estimate of drug-likeness (QED) is 0.855. The topological polar surface area (TPSA) is 43.8 Å². The van der Waals surface area contributed by atoms with E-state index in [0.29, 0.717) is 6.54 Å². The van der Waals surface area contributed by atoms with Crippen LogP contribution in [0.4, 0.5) is 0 Å². The zero-order chi connectivity index (χ0) is 11.8. The van der Waals surface area contributed by atoms with Crippen molar-refractivity contribution in [2.45, 2.75) is 32.1 Å². The van der Waals surface area contributed by atoms with Gasteiger partial charge in [-0.25, -0.2) is 4.98 Å². The zero-order valence-corrected chi connectivity index (χ0v) is 10.4. The van der Waals surface area contributed by atoms with E-state index in [1.54, 1.807) is 0 Å². The number of benzene rings is 1. The number of aromatic nitrogens is 2. The van der Waals surface area contributed by atoms with Crippen LogP contribution in [0.3, 0.4) is 0 Å². The van der Waals surface area contributed by atoms with E-state index in [9.17, 15) is 0 Å². The first-order chi connectivity index (χ1) is 8.29. The molecule has 17 heavy (non-hydrogen) atoms. The molecule has 2 N–H and O–H groups in total. The van der Waals surface area contributed by atoms with E-state index in [1.807, 2.05) is 0 Å². The van der Waals surface area contributed by atoms with E-state index in [0.717, 1.165) is 17.8 Å². The molecule has 0 radical (unpaired) electrons. The summed E-state index contributed by atoms with van der Waals surface area (Å²) in [6.07, 6.45) is 5.94. The fourth-order valence-electron chi connectivity index (χ4n) is 2.82. The maximum Gasteiger partial charge on any atom is 0.110 e. The molecule has 0 unspecified atom stereocenters. The second-order valence-corrected chi connectivity index (χ2v) is 4.94. The minimum Gasteiger partial charge on any atom is -0.331 e. The Morgan fingerprint density at radius 2 is 1.94 bits per heavy atom. The number of nitrogens with zero attached hydrogens (tertiary/aromatic N) is 2. The minimum absolute atomic E-state index is 0.664. The summed E-state index contributed by atoms with van der Waals surface area (Å²) in [7, 11) is 2.09. The number of hydrogen-bond donors (Lipinski definition) is 1. The van der Waals surface area contributed by atoms with Crippen molar-refractivity contribution in [1.82, 2.24) is 9.55 Å². The molecular formula is C14H19N3. The molecule has 2 aromatic rings. The molecule has 0 amide bonds. The van der Waals surface area contributed by atoms with Gasteiger partial charge in [0.2, 0.25) is 0 Å². The van der Waals surface area contributed by atoms with E-state index < -0.39 is 0 Å². The van der Waals surface area contributed by atoms with Gasteiger partial charge in [-0.05, 0) is 55.5 Å². The molecule has 0 saturated carbocycles. The van der Waals surface area contributed by atoms with E-state index in [2.05, 4.69) is 23.7 Å². The van der Waals surface area contributed by atoms with Crippen LogP contribution in [0.5, 0.6) is 0 Å². The Bertz CT molecular complexity index is 554. The summed E-state index contributed by atoms with van der Waals surface area (Å²) in [5, 5.41) is 0. The summed E-state index contributed by atoms with van der Waals surface area (Å²) in [5.74, 6) is 1.10. The largest absolute Gasteiger partial charge is 0.331 e. The van der Waals surface area contributed by atoms with Gasteiger partial charge in [0.15, 0.2) is 0 Å². The summed E-state index contributed by atoms with van der Waals surface area (Å²) >= 11 is 0. The van der Waals surface area contributed by atoms with Gasteiger partial charge in [-0.3, -0.25) is 0 Å². The standard InChI is InChI=1S/C14H19N3/c1-17-13-9-11-5-3-2-4-10(11)8-12(13)16-14(17)6-7-15/h8-9H,2-7,15H2,1H3. The Kier molecular flexibility index (Phi) is 2.63. The van der Waals surface area contributed by atoms with Crippen molar-refractivity contribution in [2.24, 2.45) is 12.8 Å². The first kappa shape index (κ1) is 10.8.